The highest BCUT2D eigenvalue weighted by atomic mass is 16.1. The summed E-state index contributed by atoms with van der Waals surface area (Å²) in [7, 11) is 0. The van der Waals surface area contributed by atoms with Crippen molar-refractivity contribution in [3.63, 3.8) is 0 Å². The van der Waals surface area contributed by atoms with Crippen LogP contribution in [0.15, 0.2) is 30.7 Å². The fourth-order valence-electron chi connectivity index (χ4n) is 1.77. The van der Waals surface area contributed by atoms with E-state index in [4.69, 9.17) is 0 Å². The van der Waals surface area contributed by atoms with Crippen molar-refractivity contribution < 1.29 is 4.79 Å². The van der Waals surface area contributed by atoms with Gasteiger partial charge in [0.15, 0.2) is 12.1 Å². The van der Waals surface area contributed by atoms with E-state index in [2.05, 4.69) is 10.1 Å². The molecule has 1 fully saturated rings. The molecule has 0 spiro atoms. The van der Waals surface area contributed by atoms with Gasteiger partial charge in [-0.2, -0.15) is 5.10 Å². The van der Waals surface area contributed by atoms with Gasteiger partial charge in [0.25, 0.3) is 0 Å². The molecule has 0 N–H and O–H groups in total. The molecule has 0 atom stereocenters. The molecule has 0 aliphatic heterocycles. The molecule has 1 saturated carbocycles. The average molecular weight is 213 g/mol. The standard InChI is InChI=1S/C12H11N3O/c16-8-10-2-1-5-13-12(10)15-7-11(6-14-15)9-3-4-9/h1-2,5-9H,3-4H2. The predicted molar refractivity (Wildman–Crippen MR) is 58.7 cm³/mol. The summed E-state index contributed by atoms with van der Waals surface area (Å²) in [6.07, 6.45) is 8.79. The molecule has 0 unspecified atom stereocenters. The van der Waals surface area contributed by atoms with Crippen LogP contribution in [0.3, 0.4) is 0 Å². The summed E-state index contributed by atoms with van der Waals surface area (Å²) in [6, 6.07) is 3.49. The molecule has 2 aromatic heterocycles. The summed E-state index contributed by atoms with van der Waals surface area (Å²) < 4.78 is 1.68. The smallest absolute Gasteiger partial charge is 0.163 e. The molecule has 0 radical (unpaired) electrons. The number of hydrogen-bond acceptors (Lipinski definition) is 3. The van der Waals surface area contributed by atoms with E-state index >= 15 is 0 Å². The fourth-order valence-corrected chi connectivity index (χ4v) is 1.77. The van der Waals surface area contributed by atoms with Gasteiger partial charge in [-0.25, -0.2) is 9.67 Å². The number of aldehydes is 1. The molecule has 16 heavy (non-hydrogen) atoms. The zero-order valence-electron chi connectivity index (χ0n) is 8.71. The lowest BCUT2D eigenvalue weighted by Crippen LogP contribution is -2.01. The second-order valence-corrected chi connectivity index (χ2v) is 4.03. The second-order valence-electron chi connectivity index (χ2n) is 4.03. The number of hydrogen-bond donors (Lipinski definition) is 0. The van der Waals surface area contributed by atoms with Crippen LogP contribution in [0.25, 0.3) is 5.82 Å². The van der Waals surface area contributed by atoms with Crippen LogP contribution in [-0.4, -0.2) is 21.1 Å². The third kappa shape index (κ3) is 1.52. The summed E-state index contributed by atoms with van der Waals surface area (Å²) in [5, 5.41) is 4.25. The van der Waals surface area contributed by atoms with Crippen molar-refractivity contribution in [1.29, 1.82) is 0 Å². The van der Waals surface area contributed by atoms with Crippen molar-refractivity contribution in [3.05, 3.63) is 41.9 Å². The Balaban J connectivity index is 2.03. The van der Waals surface area contributed by atoms with Crippen molar-refractivity contribution in [2.75, 3.05) is 0 Å². The lowest BCUT2D eigenvalue weighted by molar-refractivity contribution is 0.112. The Kier molecular flexibility index (Phi) is 2.06. The Morgan fingerprint density at radius 1 is 1.44 bits per heavy atom. The van der Waals surface area contributed by atoms with Crippen LogP contribution in [0, 0.1) is 0 Å². The molecule has 4 heteroatoms. The van der Waals surface area contributed by atoms with E-state index in [9.17, 15) is 4.79 Å². The maximum atomic E-state index is 10.9. The van der Waals surface area contributed by atoms with Crippen LogP contribution < -0.4 is 0 Å². The molecule has 80 valence electrons. The van der Waals surface area contributed by atoms with E-state index in [1.807, 2.05) is 12.4 Å². The molecule has 2 aromatic rings. The Labute approximate surface area is 92.9 Å². The first-order chi connectivity index (χ1) is 7.88. The van der Waals surface area contributed by atoms with Crippen LogP contribution in [0.5, 0.6) is 0 Å². The molecular formula is C12H11N3O. The highest BCUT2D eigenvalue weighted by Crippen LogP contribution is 2.39. The van der Waals surface area contributed by atoms with Gasteiger partial charge in [-0.05, 0) is 36.5 Å². The summed E-state index contributed by atoms with van der Waals surface area (Å²) >= 11 is 0. The largest absolute Gasteiger partial charge is 0.298 e. The van der Waals surface area contributed by atoms with Gasteiger partial charge in [-0.1, -0.05) is 0 Å². The van der Waals surface area contributed by atoms with Crippen molar-refractivity contribution in [1.82, 2.24) is 14.8 Å². The van der Waals surface area contributed by atoms with Crippen LogP contribution in [-0.2, 0) is 0 Å². The lowest BCUT2D eigenvalue weighted by atomic mass is 10.2. The maximum absolute atomic E-state index is 10.9. The van der Waals surface area contributed by atoms with E-state index in [0.29, 0.717) is 17.3 Å². The van der Waals surface area contributed by atoms with Gasteiger partial charge < -0.3 is 0 Å². The predicted octanol–water partition coefficient (Wildman–Crippen LogP) is 1.96. The topological polar surface area (TPSA) is 47.8 Å². The minimum absolute atomic E-state index is 0.563. The van der Waals surface area contributed by atoms with Crippen LogP contribution in [0.1, 0.15) is 34.7 Å². The summed E-state index contributed by atoms with van der Waals surface area (Å²) in [5.74, 6) is 1.27. The van der Waals surface area contributed by atoms with Gasteiger partial charge in [0.05, 0.1) is 11.8 Å². The molecule has 0 saturated heterocycles. The zero-order chi connectivity index (χ0) is 11.0. The van der Waals surface area contributed by atoms with Crippen molar-refractivity contribution in [2.24, 2.45) is 0 Å². The van der Waals surface area contributed by atoms with Gasteiger partial charge in [0.1, 0.15) is 0 Å². The zero-order valence-corrected chi connectivity index (χ0v) is 8.71. The monoisotopic (exact) mass is 213 g/mol. The average Bonchev–Trinajstić information content (AvgIpc) is 3.07. The van der Waals surface area contributed by atoms with Gasteiger partial charge in [-0.15, -0.1) is 0 Å². The van der Waals surface area contributed by atoms with E-state index in [1.54, 1.807) is 23.0 Å². The number of nitrogens with zero attached hydrogens (tertiary/aromatic N) is 3. The molecule has 2 heterocycles. The Morgan fingerprint density at radius 3 is 3.06 bits per heavy atom. The first kappa shape index (κ1) is 9.27. The minimum atomic E-state index is 0.563. The lowest BCUT2D eigenvalue weighted by Gasteiger charge is -2.01. The molecular weight excluding hydrogens is 202 g/mol. The van der Waals surface area contributed by atoms with Gasteiger partial charge in [0, 0.05) is 12.4 Å². The van der Waals surface area contributed by atoms with E-state index < -0.39 is 0 Å². The van der Waals surface area contributed by atoms with Crippen molar-refractivity contribution in [2.45, 2.75) is 18.8 Å². The number of aromatic nitrogens is 3. The first-order valence-electron chi connectivity index (χ1n) is 5.33. The van der Waals surface area contributed by atoms with Crippen LogP contribution >= 0.6 is 0 Å². The normalized spacial score (nSPS) is 15.0. The number of rotatable bonds is 3. The quantitative estimate of drug-likeness (QED) is 0.732. The van der Waals surface area contributed by atoms with E-state index in [0.717, 1.165) is 6.29 Å². The Bertz CT molecular complexity index is 529. The van der Waals surface area contributed by atoms with Crippen molar-refractivity contribution in [3.8, 4) is 5.82 Å². The molecule has 0 bridgehead atoms. The van der Waals surface area contributed by atoms with Crippen LogP contribution in [0.2, 0.25) is 0 Å². The maximum Gasteiger partial charge on any atom is 0.163 e. The Morgan fingerprint density at radius 2 is 2.31 bits per heavy atom. The first-order valence-corrected chi connectivity index (χ1v) is 5.33. The van der Waals surface area contributed by atoms with Gasteiger partial charge in [-0.3, -0.25) is 4.79 Å². The summed E-state index contributed by atoms with van der Waals surface area (Å²) in [5.41, 5.74) is 1.80. The molecule has 1 aliphatic rings. The van der Waals surface area contributed by atoms with Crippen LogP contribution in [0.4, 0.5) is 0 Å². The molecule has 0 amide bonds. The molecule has 3 rings (SSSR count). The molecule has 0 aromatic carbocycles. The molecule has 1 aliphatic carbocycles. The fraction of sp³-hybridized carbons (Fsp3) is 0.250. The second kappa shape index (κ2) is 3.56. The van der Waals surface area contributed by atoms with Gasteiger partial charge >= 0.3 is 0 Å². The SMILES string of the molecule is O=Cc1cccnc1-n1cc(C2CC2)cn1. The third-order valence-electron chi connectivity index (χ3n) is 2.81. The highest BCUT2D eigenvalue weighted by Gasteiger charge is 2.25. The van der Waals surface area contributed by atoms with E-state index in [-0.39, 0.29) is 0 Å². The number of carbonyl (C=O) groups is 1. The van der Waals surface area contributed by atoms with Gasteiger partial charge in [0.2, 0.25) is 0 Å². The minimum Gasteiger partial charge on any atom is -0.298 e. The van der Waals surface area contributed by atoms with Crippen molar-refractivity contribution >= 4 is 6.29 Å². The molecule has 4 nitrogen and oxygen atoms in total. The van der Waals surface area contributed by atoms with E-state index in [1.165, 1.54) is 18.4 Å². The Hall–Kier alpha value is -1.97. The highest BCUT2D eigenvalue weighted by molar-refractivity contribution is 5.79. The third-order valence-corrected chi connectivity index (χ3v) is 2.81. The summed E-state index contributed by atoms with van der Waals surface area (Å²) in [4.78, 5) is 15.1. The number of carbonyl (C=O) groups excluding carboxylic acids is 1. The number of pyridine rings is 1. The summed E-state index contributed by atoms with van der Waals surface area (Å²) in [6.45, 7) is 0.